The summed E-state index contributed by atoms with van der Waals surface area (Å²) in [5.74, 6) is -0.958. The minimum Gasteiger partial charge on any atom is -0.481 e. The van der Waals surface area contributed by atoms with E-state index in [1.54, 1.807) is 11.9 Å². The highest BCUT2D eigenvalue weighted by Crippen LogP contribution is 2.40. The zero-order valence-electron chi connectivity index (χ0n) is 23.2. The molecular formula is C31H45NO4. The lowest BCUT2D eigenvalue weighted by Crippen LogP contribution is -2.28. The van der Waals surface area contributed by atoms with Crippen LogP contribution in [0, 0.1) is 12.3 Å². The van der Waals surface area contributed by atoms with Gasteiger partial charge in [-0.3, -0.25) is 9.59 Å². The molecule has 5 nitrogen and oxygen atoms in total. The van der Waals surface area contributed by atoms with Gasteiger partial charge in [-0.2, -0.15) is 0 Å². The molecule has 0 saturated carbocycles. The summed E-state index contributed by atoms with van der Waals surface area (Å²) in [4.78, 5) is 24.8. The molecule has 0 heterocycles. The van der Waals surface area contributed by atoms with E-state index in [4.69, 9.17) is 5.11 Å². The average Bonchev–Trinajstić information content (AvgIpc) is 2.83. The number of anilines is 1. The van der Waals surface area contributed by atoms with E-state index in [0.717, 1.165) is 31.4 Å². The first-order chi connectivity index (χ1) is 16.9. The Kier molecular flexibility index (Phi) is 10.3. The number of carboxylic acids is 1. The van der Waals surface area contributed by atoms with E-state index in [1.165, 1.54) is 22.3 Å². The van der Waals surface area contributed by atoms with Gasteiger partial charge in [0.25, 0.3) is 0 Å². The van der Waals surface area contributed by atoms with E-state index in [9.17, 15) is 14.7 Å². The fourth-order valence-corrected chi connectivity index (χ4v) is 4.94. The first-order valence-corrected chi connectivity index (χ1v) is 13.2. The van der Waals surface area contributed by atoms with Crippen LogP contribution in [0.25, 0.3) is 0 Å². The van der Waals surface area contributed by atoms with Gasteiger partial charge < -0.3 is 15.1 Å². The van der Waals surface area contributed by atoms with E-state index in [1.807, 2.05) is 12.1 Å². The third-order valence-electron chi connectivity index (χ3n) is 7.75. The number of nitrogens with zero attached hydrogens (tertiary/aromatic N) is 1. The second kappa shape index (κ2) is 12.5. The van der Waals surface area contributed by atoms with Crippen molar-refractivity contribution in [2.75, 3.05) is 11.9 Å². The van der Waals surface area contributed by atoms with Gasteiger partial charge in [0.1, 0.15) is 0 Å². The number of hydrogen-bond donors (Lipinski definition) is 2. The van der Waals surface area contributed by atoms with Crippen molar-refractivity contribution in [3.8, 4) is 0 Å². The largest absolute Gasteiger partial charge is 0.481 e. The summed E-state index contributed by atoms with van der Waals surface area (Å²) in [7, 11) is 1.74. The van der Waals surface area contributed by atoms with E-state index < -0.39 is 5.97 Å². The van der Waals surface area contributed by atoms with Gasteiger partial charge in [0.2, 0.25) is 5.91 Å². The molecule has 1 unspecified atom stereocenters. The summed E-state index contributed by atoms with van der Waals surface area (Å²) >= 11 is 0. The molecular weight excluding hydrogens is 450 g/mol. The molecule has 0 spiro atoms. The topological polar surface area (TPSA) is 77.8 Å². The number of rotatable bonds is 12. The van der Waals surface area contributed by atoms with Crippen molar-refractivity contribution in [1.29, 1.82) is 0 Å². The van der Waals surface area contributed by atoms with Crippen LogP contribution in [0.5, 0.6) is 0 Å². The maximum absolute atomic E-state index is 12.5. The lowest BCUT2D eigenvalue weighted by molar-refractivity contribution is -0.137. The lowest BCUT2D eigenvalue weighted by Gasteiger charge is -2.34. The maximum Gasteiger partial charge on any atom is 0.303 e. The summed E-state index contributed by atoms with van der Waals surface area (Å²) in [6, 6.07) is 15.0. The molecule has 36 heavy (non-hydrogen) atoms. The molecule has 1 amide bonds. The Morgan fingerprint density at radius 2 is 1.53 bits per heavy atom. The molecule has 1 atom stereocenters. The summed E-state index contributed by atoms with van der Waals surface area (Å²) in [5.41, 5.74) is 5.61. The zero-order valence-corrected chi connectivity index (χ0v) is 23.2. The number of carbonyl (C=O) groups excluding carboxylic acids is 1. The third kappa shape index (κ3) is 7.19. The van der Waals surface area contributed by atoms with Gasteiger partial charge in [0, 0.05) is 31.0 Å². The Hall–Kier alpha value is -2.66. The van der Waals surface area contributed by atoms with Crippen LogP contribution in [0.4, 0.5) is 5.69 Å². The van der Waals surface area contributed by atoms with Crippen LogP contribution in [0.2, 0.25) is 0 Å². The molecule has 0 saturated heterocycles. The second-order valence-corrected chi connectivity index (χ2v) is 11.1. The van der Waals surface area contributed by atoms with E-state index in [2.05, 4.69) is 71.9 Å². The molecule has 0 aliphatic carbocycles. The second-order valence-electron chi connectivity index (χ2n) is 11.1. The normalized spacial score (nSPS) is 12.9. The number of amides is 1. The zero-order chi connectivity index (χ0) is 27.1. The Morgan fingerprint density at radius 3 is 2.03 bits per heavy atom. The van der Waals surface area contributed by atoms with Crippen molar-refractivity contribution in [2.45, 2.75) is 98.0 Å². The van der Waals surface area contributed by atoms with E-state index in [0.29, 0.717) is 6.42 Å². The van der Waals surface area contributed by atoms with Crippen molar-refractivity contribution >= 4 is 17.6 Å². The molecule has 0 aliphatic rings. The Balaban J connectivity index is 2.24. The Morgan fingerprint density at radius 1 is 0.944 bits per heavy atom. The van der Waals surface area contributed by atoms with Gasteiger partial charge in [-0.05, 0) is 78.8 Å². The van der Waals surface area contributed by atoms with Crippen molar-refractivity contribution in [2.24, 2.45) is 5.41 Å². The first-order valence-electron chi connectivity index (χ1n) is 13.2. The van der Waals surface area contributed by atoms with Crippen molar-refractivity contribution in [1.82, 2.24) is 0 Å². The first kappa shape index (κ1) is 29.6. The van der Waals surface area contributed by atoms with Crippen LogP contribution in [0.15, 0.2) is 42.5 Å². The van der Waals surface area contributed by atoms with E-state index >= 15 is 0 Å². The quantitative estimate of drug-likeness (QED) is 0.345. The SMILES string of the molecule is CCC(CC)(c1ccc(N(C)C(=O)CCCC(=O)O)cc1)c1ccc(CCC(O)C(C)(C)C)c(C)c1. The highest BCUT2D eigenvalue weighted by atomic mass is 16.4. The number of aryl methyl sites for hydroxylation is 2. The fraction of sp³-hybridized carbons (Fsp3) is 0.548. The van der Waals surface area contributed by atoms with Crippen LogP contribution < -0.4 is 4.90 Å². The number of aliphatic hydroxyl groups excluding tert-OH is 1. The van der Waals surface area contributed by atoms with Crippen molar-refractivity contribution < 1.29 is 19.8 Å². The average molecular weight is 496 g/mol. The molecule has 2 rings (SSSR count). The molecule has 2 aromatic carbocycles. The van der Waals surface area contributed by atoms with Gasteiger partial charge in [-0.25, -0.2) is 0 Å². The van der Waals surface area contributed by atoms with Gasteiger partial charge in [-0.1, -0.05) is 65.0 Å². The van der Waals surface area contributed by atoms with Gasteiger partial charge in [-0.15, -0.1) is 0 Å². The van der Waals surface area contributed by atoms with Crippen molar-refractivity contribution in [3.63, 3.8) is 0 Å². The summed E-state index contributed by atoms with van der Waals surface area (Å²) in [6.07, 6.45) is 3.75. The molecule has 2 N–H and O–H groups in total. The summed E-state index contributed by atoms with van der Waals surface area (Å²) in [5, 5.41) is 19.3. The molecule has 0 aromatic heterocycles. The number of aliphatic hydroxyl groups is 1. The smallest absolute Gasteiger partial charge is 0.303 e. The number of benzene rings is 2. The number of carbonyl (C=O) groups is 2. The van der Waals surface area contributed by atoms with Crippen molar-refractivity contribution in [3.05, 3.63) is 64.7 Å². The molecule has 0 bridgehead atoms. The maximum atomic E-state index is 12.5. The van der Waals surface area contributed by atoms with Crippen LogP contribution >= 0.6 is 0 Å². The third-order valence-corrected chi connectivity index (χ3v) is 7.75. The minimum absolute atomic E-state index is 0.00339. The molecule has 0 aliphatic heterocycles. The van der Waals surface area contributed by atoms with Gasteiger partial charge in [0.05, 0.1) is 6.10 Å². The monoisotopic (exact) mass is 495 g/mol. The predicted octanol–water partition coefficient (Wildman–Crippen LogP) is 6.66. The molecule has 0 radical (unpaired) electrons. The van der Waals surface area contributed by atoms with Crippen LogP contribution in [-0.2, 0) is 21.4 Å². The minimum atomic E-state index is -0.879. The van der Waals surface area contributed by atoms with Crippen LogP contribution in [0.1, 0.15) is 95.4 Å². The number of carboxylic acid groups (broad SMARTS) is 1. The highest BCUT2D eigenvalue weighted by molar-refractivity contribution is 5.92. The molecule has 0 fully saturated rings. The fourth-order valence-electron chi connectivity index (χ4n) is 4.94. The van der Waals surface area contributed by atoms with Crippen LogP contribution in [0.3, 0.4) is 0 Å². The lowest BCUT2D eigenvalue weighted by atomic mass is 9.70. The van der Waals surface area contributed by atoms with Gasteiger partial charge in [0.15, 0.2) is 0 Å². The van der Waals surface area contributed by atoms with Gasteiger partial charge >= 0.3 is 5.97 Å². The Bertz CT molecular complexity index is 1020. The molecule has 5 heteroatoms. The summed E-state index contributed by atoms with van der Waals surface area (Å²) < 4.78 is 0. The molecule has 2 aromatic rings. The summed E-state index contributed by atoms with van der Waals surface area (Å²) in [6.45, 7) is 12.8. The Labute approximate surface area is 217 Å². The molecule has 198 valence electrons. The number of hydrogen-bond acceptors (Lipinski definition) is 3. The highest BCUT2D eigenvalue weighted by Gasteiger charge is 2.31. The standard InChI is InChI=1S/C31H45NO4/c1-8-31(9-2,25-15-13-23(22(3)21-25)14-20-27(33)30(4,5)6)24-16-18-26(19-17-24)32(7)28(34)11-10-12-29(35)36/h13,15-19,21,27,33H,8-12,14,20H2,1-7H3,(H,35,36). The predicted molar refractivity (Wildman–Crippen MR) is 148 cm³/mol. The number of aliphatic carboxylic acids is 1. The van der Waals surface area contributed by atoms with Crippen LogP contribution in [-0.4, -0.2) is 35.2 Å². The van der Waals surface area contributed by atoms with E-state index in [-0.39, 0.29) is 35.7 Å².